The van der Waals surface area contributed by atoms with E-state index in [1.54, 1.807) is 0 Å². The maximum absolute atomic E-state index is 6.28. The summed E-state index contributed by atoms with van der Waals surface area (Å²) in [5, 5.41) is 1.81. The average Bonchev–Trinajstić information content (AvgIpc) is 2.40. The molecule has 0 radical (unpaired) electrons. The Morgan fingerprint density at radius 3 is 2.25 bits per heavy atom. The maximum atomic E-state index is 6.28. The van der Waals surface area contributed by atoms with Gasteiger partial charge in [-0.15, -0.1) is 0 Å². The molecule has 3 aromatic rings. The number of aryl methyl sites for hydroxylation is 2. The second kappa shape index (κ2) is 5.04. The molecule has 0 N–H and O–H groups in total. The second-order valence-electron chi connectivity index (χ2n) is 4.85. The monoisotopic (exact) mass is 302 g/mol. The molecule has 0 saturated heterocycles. The van der Waals surface area contributed by atoms with Gasteiger partial charge in [-0.25, -0.2) is 9.97 Å². The van der Waals surface area contributed by atoms with Crippen molar-refractivity contribution in [1.82, 2.24) is 9.97 Å². The molecule has 0 aliphatic rings. The molecular weight excluding hydrogens is 291 g/mol. The zero-order chi connectivity index (χ0) is 14.3. The molecule has 100 valence electrons. The highest BCUT2D eigenvalue weighted by molar-refractivity contribution is 6.38. The number of fused-ring (bicyclic) bond motifs is 1. The molecule has 2 aromatic carbocycles. The summed E-state index contributed by atoms with van der Waals surface area (Å²) in [7, 11) is 0. The number of hydrogen-bond acceptors (Lipinski definition) is 2. The van der Waals surface area contributed by atoms with Crippen molar-refractivity contribution in [3.8, 4) is 11.4 Å². The molecular formula is C16H12Cl2N2. The van der Waals surface area contributed by atoms with Crippen LogP contribution in [0.1, 0.15) is 11.1 Å². The molecule has 0 aliphatic carbocycles. The SMILES string of the molecule is Cc1ccc(-c2nc(Cl)c3cc(C)cc(Cl)c3n2)cc1. The van der Waals surface area contributed by atoms with Crippen LogP contribution in [0.3, 0.4) is 0 Å². The van der Waals surface area contributed by atoms with Gasteiger partial charge in [-0.3, -0.25) is 0 Å². The van der Waals surface area contributed by atoms with Gasteiger partial charge in [-0.1, -0.05) is 53.0 Å². The number of benzene rings is 2. The summed E-state index contributed by atoms with van der Waals surface area (Å²) in [6.07, 6.45) is 0. The highest BCUT2D eigenvalue weighted by atomic mass is 35.5. The van der Waals surface area contributed by atoms with E-state index in [1.165, 1.54) is 5.56 Å². The van der Waals surface area contributed by atoms with Gasteiger partial charge in [-0.05, 0) is 31.5 Å². The van der Waals surface area contributed by atoms with Crippen LogP contribution in [0, 0.1) is 13.8 Å². The van der Waals surface area contributed by atoms with E-state index in [4.69, 9.17) is 23.2 Å². The van der Waals surface area contributed by atoms with Crippen molar-refractivity contribution in [1.29, 1.82) is 0 Å². The standard InChI is InChI=1S/C16H12Cl2N2/c1-9-3-5-11(6-4-9)16-19-14-12(15(18)20-16)7-10(2)8-13(14)17/h3-8H,1-2H3. The minimum atomic E-state index is 0.427. The van der Waals surface area contributed by atoms with Crippen molar-refractivity contribution in [2.24, 2.45) is 0 Å². The Morgan fingerprint density at radius 1 is 0.850 bits per heavy atom. The number of nitrogens with zero attached hydrogens (tertiary/aromatic N) is 2. The lowest BCUT2D eigenvalue weighted by atomic mass is 10.1. The lowest BCUT2D eigenvalue weighted by Gasteiger charge is -2.07. The van der Waals surface area contributed by atoms with Crippen LogP contribution < -0.4 is 0 Å². The first-order chi connectivity index (χ1) is 9.54. The summed E-state index contributed by atoms with van der Waals surface area (Å²) in [6.45, 7) is 4.01. The third-order valence-corrected chi connectivity index (χ3v) is 3.74. The fraction of sp³-hybridized carbons (Fsp3) is 0.125. The maximum Gasteiger partial charge on any atom is 0.161 e. The summed E-state index contributed by atoms with van der Waals surface area (Å²) < 4.78 is 0. The zero-order valence-corrected chi connectivity index (χ0v) is 12.6. The first kappa shape index (κ1) is 13.3. The van der Waals surface area contributed by atoms with Gasteiger partial charge in [0.2, 0.25) is 0 Å². The molecule has 1 aromatic heterocycles. The van der Waals surface area contributed by atoms with Crippen LogP contribution >= 0.6 is 23.2 Å². The highest BCUT2D eigenvalue weighted by Crippen LogP contribution is 2.30. The van der Waals surface area contributed by atoms with Crippen LogP contribution in [0.25, 0.3) is 22.3 Å². The second-order valence-corrected chi connectivity index (χ2v) is 5.61. The Balaban J connectivity index is 2.26. The molecule has 0 saturated carbocycles. The molecule has 0 aliphatic heterocycles. The molecule has 3 rings (SSSR count). The molecule has 20 heavy (non-hydrogen) atoms. The van der Waals surface area contributed by atoms with E-state index in [0.717, 1.165) is 16.5 Å². The third kappa shape index (κ3) is 2.37. The van der Waals surface area contributed by atoms with Gasteiger partial charge < -0.3 is 0 Å². The number of rotatable bonds is 1. The molecule has 0 spiro atoms. The van der Waals surface area contributed by atoms with Crippen LogP contribution in [0.4, 0.5) is 0 Å². The van der Waals surface area contributed by atoms with E-state index in [0.29, 0.717) is 21.5 Å². The number of hydrogen-bond donors (Lipinski definition) is 0. The normalized spacial score (nSPS) is 11.0. The summed E-state index contributed by atoms with van der Waals surface area (Å²) in [4.78, 5) is 8.93. The topological polar surface area (TPSA) is 25.8 Å². The summed E-state index contributed by atoms with van der Waals surface area (Å²) in [5.41, 5.74) is 3.84. The van der Waals surface area contributed by atoms with E-state index in [1.807, 2.05) is 50.2 Å². The fourth-order valence-corrected chi connectivity index (χ4v) is 2.66. The number of aromatic nitrogens is 2. The summed E-state index contributed by atoms with van der Waals surface area (Å²) in [6, 6.07) is 11.8. The predicted octanol–water partition coefficient (Wildman–Crippen LogP) is 5.22. The molecule has 0 bridgehead atoms. The van der Waals surface area contributed by atoms with Crippen LogP contribution in [-0.2, 0) is 0 Å². The Kier molecular flexibility index (Phi) is 3.36. The average molecular weight is 303 g/mol. The van der Waals surface area contributed by atoms with Crippen molar-refractivity contribution in [2.75, 3.05) is 0 Å². The minimum Gasteiger partial charge on any atom is -0.226 e. The number of halogens is 2. The van der Waals surface area contributed by atoms with E-state index in [2.05, 4.69) is 9.97 Å². The Morgan fingerprint density at radius 2 is 1.55 bits per heavy atom. The van der Waals surface area contributed by atoms with Crippen molar-refractivity contribution < 1.29 is 0 Å². The predicted molar refractivity (Wildman–Crippen MR) is 84.5 cm³/mol. The van der Waals surface area contributed by atoms with Gasteiger partial charge >= 0.3 is 0 Å². The van der Waals surface area contributed by atoms with Gasteiger partial charge in [0.25, 0.3) is 0 Å². The molecule has 0 atom stereocenters. The van der Waals surface area contributed by atoms with E-state index < -0.39 is 0 Å². The Hall–Kier alpha value is -1.64. The molecule has 0 amide bonds. The molecule has 0 unspecified atom stereocenters. The summed E-state index contributed by atoms with van der Waals surface area (Å²) >= 11 is 12.5. The fourth-order valence-electron chi connectivity index (χ4n) is 2.12. The quantitative estimate of drug-likeness (QED) is 0.576. The van der Waals surface area contributed by atoms with Crippen LogP contribution in [-0.4, -0.2) is 9.97 Å². The molecule has 2 nitrogen and oxygen atoms in total. The van der Waals surface area contributed by atoms with Gasteiger partial charge in [0.1, 0.15) is 5.15 Å². The first-order valence-electron chi connectivity index (χ1n) is 6.25. The van der Waals surface area contributed by atoms with E-state index >= 15 is 0 Å². The van der Waals surface area contributed by atoms with Crippen LogP contribution in [0.2, 0.25) is 10.2 Å². The smallest absolute Gasteiger partial charge is 0.161 e. The lowest BCUT2D eigenvalue weighted by molar-refractivity contribution is 1.22. The van der Waals surface area contributed by atoms with Gasteiger partial charge in [-0.2, -0.15) is 0 Å². The highest BCUT2D eigenvalue weighted by Gasteiger charge is 2.11. The van der Waals surface area contributed by atoms with Crippen LogP contribution in [0.5, 0.6) is 0 Å². The van der Waals surface area contributed by atoms with Crippen molar-refractivity contribution in [2.45, 2.75) is 13.8 Å². The lowest BCUT2D eigenvalue weighted by Crippen LogP contribution is -1.93. The molecule has 0 fully saturated rings. The van der Waals surface area contributed by atoms with E-state index in [-0.39, 0.29) is 0 Å². The van der Waals surface area contributed by atoms with Gasteiger partial charge in [0.05, 0.1) is 10.5 Å². The zero-order valence-electron chi connectivity index (χ0n) is 11.1. The van der Waals surface area contributed by atoms with Gasteiger partial charge in [0.15, 0.2) is 5.82 Å². The van der Waals surface area contributed by atoms with Crippen molar-refractivity contribution in [3.63, 3.8) is 0 Å². The largest absolute Gasteiger partial charge is 0.226 e. The Labute approximate surface area is 127 Å². The molecule has 4 heteroatoms. The van der Waals surface area contributed by atoms with Gasteiger partial charge in [0, 0.05) is 10.9 Å². The Bertz CT molecular complexity index is 796. The molecule has 1 heterocycles. The summed E-state index contributed by atoms with van der Waals surface area (Å²) in [5.74, 6) is 0.591. The third-order valence-electron chi connectivity index (χ3n) is 3.16. The van der Waals surface area contributed by atoms with Crippen molar-refractivity contribution >= 4 is 34.1 Å². The van der Waals surface area contributed by atoms with Crippen LogP contribution in [0.15, 0.2) is 36.4 Å². The van der Waals surface area contributed by atoms with Crippen molar-refractivity contribution in [3.05, 3.63) is 57.7 Å². The van der Waals surface area contributed by atoms with E-state index in [9.17, 15) is 0 Å². The first-order valence-corrected chi connectivity index (χ1v) is 7.00. The minimum absolute atomic E-state index is 0.427.